The average Bonchev–Trinajstić information content (AvgIpc) is 3.33. The van der Waals surface area contributed by atoms with Gasteiger partial charge in [0, 0.05) is 19.3 Å². The second-order valence-corrected chi connectivity index (χ2v) is 18.5. The summed E-state index contributed by atoms with van der Waals surface area (Å²) in [5.74, 6) is -3.16. The van der Waals surface area contributed by atoms with Gasteiger partial charge in [-0.3, -0.25) is 14.4 Å². The Hall–Kier alpha value is -3.58. The number of aliphatic hydroxyl groups excluding tert-OH is 2. The highest BCUT2D eigenvalue weighted by Crippen LogP contribution is 2.26. The van der Waals surface area contributed by atoms with Gasteiger partial charge >= 0.3 is 23.9 Å². The highest BCUT2D eigenvalue weighted by atomic mass is 16.7. The van der Waals surface area contributed by atoms with E-state index in [1.165, 1.54) is 44.9 Å². The zero-order chi connectivity index (χ0) is 50.4. The molecule has 396 valence electrons. The standard InChI is InChI=1S/C57H96O12/c1-4-7-10-13-16-19-21-23-25-27-29-32-34-37-40-43-49(58)65-46-48(67-50(59)44-41-38-36-33-30-28-26-24-22-20-17-14-11-8-5-2)47-66-57-55(53(62)52(61)54(69-57)56(63)64)68-51(60)45-42-39-35-31-18-15-12-9-6-3/h7,10,16-17,19-20,23-26,48,52-55,57,61-62H,4-6,8-9,11-15,18,21-22,27-47H2,1-3H3,(H,63,64)/b10-7-,19-16-,20-17-,25-23-,26-24-. The molecule has 0 saturated carbocycles. The van der Waals surface area contributed by atoms with Crippen molar-refractivity contribution in [1.29, 1.82) is 0 Å². The number of ether oxygens (including phenoxy) is 5. The van der Waals surface area contributed by atoms with Gasteiger partial charge in [-0.2, -0.15) is 0 Å². The van der Waals surface area contributed by atoms with Crippen molar-refractivity contribution >= 4 is 23.9 Å². The first kappa shape index (κ1) is 63.4. The van der Waals surface area contributed by atoms with Gasteiger partial charge in [0.25, 0.3) is 0 Å². The van der Waals surface area contributed by atoms with Crippen molar-refractivity contribution < 1.29 is 58.2 Å². The van der Waals surface area contributed by atoms with E-state index >= 15 is 0 Å². The summed E-state index contributed by atoms with van der Waals surface area (Å²) >= 11 is 0. The molecular formula is C57H96O12. The van der Waals surface area contributed by atoms with Crippen molar-refractivity contribution in [1.82, 2.24) is 0 Å². The summed E-state index contributed by atoms with van der Waals surface area (Å²) in [6.45, 7) is 5.78. The molecule has 1 saturated heterocycles. The molecule has 12 heteroatoms. The van der Waals surface area contributed by atoms with Crippen LogP contribution >= 0.6 is 0 Å². The largest absolute Gasteiger partial charge is 0.479 e. The third-order valence-electron chi connectivity index (χ3n) is 12.1. The van der Waals surface area contributed by atoms with Crippen LogP contribution < -0.4 is 0 Å². The lowest BCUT2D eigenvalue weighted by molar-refractivity contribution is -0.301. The zero-order valence-electron chi connectivity index (χ0n) is 43.3. The fourth-order valence-corrected chi connectivity index (χ4v) is 7.88. The van der Waals surface area contributed by atoms with Gasteiger partial charge < -0.3 is 39.0 Å². The maximum Gasteiger partial charge on any atom is 0.335 e. The molecule has 6 atom stereocenters. The van der Waals surface area contributed by atoms with Gasteiger partial charge in [0.15, 0.2) is 24.6 Å². The smallest absolute Gasteiger partial charge is 0.335 e. The number of carbonyl (C=O) groups excluding carboxylic acids is 3. The predicted molar refractivity (Wildman–Crippen MR) is 275 cm³/mol. The number of allylic oxidation sites excluding steroid dienone is 10. The van der Waals surface area contributed by atoms with Crippen molar-refractivity contribution in [3.05, 3.63) is 60.8 Å². The maximum atomic E-state index is 13.1. The van der Waals surface area contributed by atoms with E-state index < -0.39 is 67.3 Å². The first-order valence-electron chi connectivity index (χ1n) is 27.3. The summed E-state index contributed by atoms with van der Waals surface area (Å²) in [6, 6.07) is 0. The van der Waals surface area contributed by atoms with Crippen molar-refractivity contribution in [2.45, 2.75) is 263 Å². The molecule has 1 rings (SSSR count). The normalized spacial score (nSPS) is 19.1. The van der Waals surface area contributed by atoms with Crippen LogP contribution in [0.4, 0.5) is 0 Å². The van der Waals surface area contributed by atoms with E-state index in [0.717, 1.165) is 122 Å². The Bertz CT molecular complexity index is 1440. The number of esters is 3. The van der Waals surface area contributed by atoms with Crippen LogP contribution in [0, 0.1) is 0 Å². The fraction of sp³-hybridized carbons (Fsp3) is 0.754. The van der Waals surface area contributed by atoms with Gasteiger partial charge in [-0.25, -0.2) is 4.79 Å². The Morgan fingerprint density at radius 3 is 1.42 bits per heavy atom. The van der Waals surface area contributed by atoms with Gasteiger partial charge in [-0.05, 0) is 83.5 Å². The Morgan fingerprint density at radius 1 is 0.493 bits per heavy atom. The van der Waals surface area contributed by atoms with Crippen molar-refractivity contribution in [3.8, 4) is 0 Å². The predicted octanol–water partition coefficient (Wildman–Crippen LogP) is 13.2. The van der Waals surface area contributed by atoms with Crippen molar-refractivity contribution in [2.24, 2.45) is 0 Å². The summed E-state index contributed by atoms with van der Waals surface area (Å²) in [5.41, 5.74) is 0. The molecule has 0 aromatic rings. The molecule has 0 aromatic heterocycles. The molecule has 6 unspecified atom stereocenters. The Labute approximate surface area is 417 Å². The number of aliphatic carboxylic acids is 1. The fourth-order valence-electron chi connectivity index (χ4n) is 7.88. The van der Waals surface area contributed by atoms with E-state index in [4.69, 9.17) is 23.7 Å². The second kappa shape index (κ2) is 45.6. The molecule has 0 spiro atoms. The minimum absolute atomic E-state index is 0.0573. The molecule has 0 aliphatic carbocycles. The van der Waals surface area contributed by atoms with Gasteiger partial charge in [0.1, 0.15) is 18.8 Å². The molecule has 1 heterocycles. The highest BCUT2D eigenvalue weighted by Gasteiger charge is 2.50. The minimum Gasteiger partial charge on any atom is -0.479 e. The molecule has 0 aromatic carbocycles. The van der Waals surface area contributed by atoms with E-state index in [9.17, 15) is 34.5 Å². The summed E-state index contributed by atoms with van der Waals surface area (Å²) < 4.78 is 28.3. The number of rotatable bonds is 45. The first-order chi connectivity index (χ1) is 33.6. The van der Waals surface area contributed by atoms with E-state index in [2.05, 4.69) is 81.5 Å². The molecule has 69 heavy (non-hydrogen) atoms. The summed E-state index contributed by atoms with van der Waals surface area (Å²) in [7, 11) is 0. The van der Waals surface area contributed by atoms with Crippen LogP contribution in [0.2, 0.25) is 0 Å². The lowest BCUT2D eigenvalue weighted by atomic mass is 9.98. The lowest BCUT2D eigenvalue weighted by Gasteiger charge is -2.40. The quantitative estimate of drug-likeness (QED) is 0.0228. The molecule has 1 aliphatic rings. The molecule has 1 aliphatic heterocycles. The Morgan fingerprint density at radius 2 is 0.913 bits per heavy atom. The molecule has 3 N–H and O–H groups in total. The van der Waals surface area contributed by atoms with Crippen LogP contribution in [0.3, 0.4) is 0 Å². The number of carboxylic acids is 1. The minimum atomic E-state index is -1.90. The molecule has 0 radical (unpaired) electrons. The second-order valence-electron chi connectivity index (χ2n) is 18.5. The van der Waals surface area contributed by atoms with Gasteiger partial charge in [0.2, 0.25) is 0 Å². The number of carbonyl (C=O) groups is 4. The van der Waals surface area contributed by atoms with Crippen LogP contribution in [-0.2, 0) is 42.9 Å². The first-order valence-corrected chi connectivity index (χ1v) is 27.3. The third kappa shape index (κ3) is 36.1. The van der Waals surface area contributed by atoms with Crippen LogP contribution in [0.15, 0.2) is 60.8 Å². The van der Waals surface area contributed by atoms with E-state index in [-0.39, 0.29) is 25.9 Å². The third-order valence-corrected chi connectivity index (χ3v) is 12.1. The SMILES string of the molecule is CC/C=C\C/C=C\C/C=C\CCCCCCCC(=O)OCC(COC1OC(C(=O)O)C(O)C(O)C1OC(=O)CCCCCCCCCCC)OC(=O)CCCCCCC/C=C\C/C=C\CCCCC. The number of aliphatic hydroxyl groups is 2. The van der Waals surface area contributed by atoms with E-state index in [0.29, 0.717) is 19.3 Å². The number of unbranched alkanes of at least 4 members (excludes halogenated alkanes) is 21. The van der Waals surface area contributed by atoms with Gasteiger partial charge in [-0.1, -0.05) is 184 Å². The number of hydrogen-bond acceptors (Lipinski definition) is 11. The zero-order valence-corrected chi connectivity index (χ0v) is 43.3. The Kier molecular flexibility index (Phi) is 41.9. The summed E-state index contributed by atoms with van der Waals surface area (Å²) in [4.78, 5) is 50.8. The van der Waals surface area contributed by atoms with E-state index in [1.807, 2.05) is 0 Å². The summed E-state index contributed by atoms with van der Waals surface area (Å²) in [5, 5.41) is 31.3. The van der Waals surface area contributed by atoms with Crippen LogP contribution in [0.5, 0.6) is 0 Å². The highest BCUT2D eigenvalue weighted by molar-refractivity contribution is 5.74. The van der Waals surface area contributed by atoms with Crippen molar-refractivity contribution in [3.63, 3.8) is 0 Å². The molecule has 1 fully saturated rings. The topological polar surface area (TPSA) is 175 Å². The lowest BCUT2D eigenvalue weighted by Crippen LogP contribution is -2.61. The van der Waals surface area contributed by atoms with Crippen LogP contribution in [0.1, 0.15) is 226 Å². The molecule has 12 nitrogen and oxygen atoms in total. The maximum absolute atomic E-state index is 13.1. The van der Waals surface area contributed by atoms with E-state index in [1.54, 1.807) is 0 Å². The molecular weight excluding hydrogens is 877 g/mol. The number of hydrogen-bond donors (Lipinski definition) is 3. The molecule has 0 bridgehead atoms. The van der Waals surface area contributed by atoms with Crippen LogP contribution in [-0.4, -0.2) is 89.2 Å². The monoisotopic (exact) mass is 973 g/mol. The van der Waals surface area contributed by atoms with Crippen molar-refractivity contribution in [2.75, 3.05) is 13.2 Å². The van der Waals surface area contributed by atoms with Crippen LogP contribution in [0.25, 0.3) is 0 Å². The average molecular weight is 973 g/mol. The Balaban J connectivity index is 2.73. The molecule has 0 amide bonds. The summed E-state index contributed by atoms with van der Waals surface area (Å²) in [6.07, 6.45) is 42.1. The van der Waals surface area contributed by atoms with Gasteiger partial charge in [0.05, 0.1) is 6.61 Å². The van der Waals surface area contributed by atoms with Gasteiger partial charge in [-0.15, -0.1) is 0 Å². The number of carboxylic acid groups (broad SMARTS) is 1.